The zero-order valence-electron chi connectivity index (χ0n) is 12.5. The summed E-state index contributed by atoms with van der Waals surface area (Å²) < 4.78 is 17.2. The summed E-state index contributed by atoms with van der Waals surface area (Å²) in [5.74, 6) is 1.89. The SMILES string of the molecule is C=C(Br)COc1c(OC)cc(CNC(C)C)cc1OC. The molecule has 0 amide bonds. The van der Waals surface area contributed by atoms with Crippen LogP contribution in [0, 0.1) is 0 Å². The van der Waals surface area contributed by atoms with E-state index in [-0.39, 0.29) is 0 Å². The van der Waals surface area contributed by atoms with E-state index in [1.165, 1.54) is 0 Å². The predicted octanol–water partition coefficient (Wildman–Crippen LogP) is 3.49. The van der Waals surface area contributed by atoms with Crippen molar-refractivity contribution in [2.75, 3.05) is 20.8 Å². The van der Waals surface area contributed by atoms with Crippen molar-refractivity contribution in [3.63, 3.8) is 0 Å². The van der Waals surface area contributed by atoms with Crippen LogP contribution in [0.25, 0.3) is 0 Å². The molecule has 0 atom stereocenters. The van der Waals surface area contributed by atoms with Gasteiger partial charge in [-0.2, -0.15) is 0 Å². The molecule has 0 fully saturated rings. The van der Waals surface area contributed by atoms with Crippen molar-refractivity contribution in [2.45, 2.75) is 26.4 Å². The summed E-state index contributed by atoms with van der Waals surface area (Å²) in [6.45, 7) is 9.06. The van der Waals surface area contributed by atoms with Crippen LogP contribution in [0.2, 0.25) is 0 Å². The van der Waals surface area contributed by atoms with Crippen molar-refractivity contribution < 1.29 is 14.2 Å². The number of ether oxygens (including phenoxy) is 3. The summed E-state index contributed by atoms with van der Waals surface area (Å²) in [6, 6.07) is 4.31. The standard InChI is InChI=1S/C15H22BrNO3/c1-10(2)17-8-12-6-13(18-4)15(14(7-12)19-5)20-9-11(3)16/h6-7,10,17H,3,8-9H2,1-2,4-5H3. The van der Waals surface area contributed by atoms with Gasteiger partial charge in [0.15, 0.2) is 11.5 Å². The molecule has 1 aromatic carbocycles. The molecule has 4 nitrogen and oxygen atoms in total. The lowest BCUT2D eigenvalue weighted by Crippen LogP contribution is -2.21. The van der Waals surface area contributed by atoms with Gasteiger partial charge in [-0.15, -0.1) is 0 Å². The maximum atomic E-state index is 5.68. The molecule has 20 heavy (non-hydrogen) atoms. The van der Waals surface area contributed by atoms with E-state index in [1.54, 1.807) is 14.2 Å². The maximum Gasteiger partial charge on any atom is 0.203 e. The molecule has 5 heteroatoms. The van der Waals surface area contributed by atoms with E-state index in [0.717, 1.165) is 16.6 Å². The molecule has 0 aliphatic heterocycles. The highest BCUT2D eigenvalue weighted by Crippen LogP contribution is 2.38. The highest BCUT2D eigenvalue weighted by Gasteiger charge is 2.14. The van der Waals surface area contributed by atoms with Crippen molar-refractivity contribution in [1.29, 1.82) is 0 Å². The number of halogens is 1. The van der Waals surface area contributed by atoms with Gasteiger partial charge in [-0.25, -0.2) is 0 Å². The van der Waals surface area contributed by atoms with Gasteiger partial charge < -0.3 is 19.5 Å². The summed E-state index contributed by atoms with van der Waals surface area (Å²) >= 11 is 3.27. The normalized spacial score (nSPS) is 10.5. The van der Waals surface area contributed by atoms with E-state index >= 15 is 0 Å². The summed E-state index contributed by atoms with van der Waals surface area (Å²) in [4.78, 5) is 0. The van der Waals surface area contributed by atoms with Gasteiger partial charge in [-0.1, -0.05) is 36.4 Å². The third-order valence-corrected chi connectivity index (χ3v) is 2.84. The summed E-state index contributed by atoms with van der Waals surface area (Å²) in [6.07, 6.45) is 0. The molecular formula is C15H22BrNO3. The van der Waals surface area contributed by atoms with Crippen LogP contribution in [0.3, 0.4) is 0 Å². The minimum atomic E-state index is 0.357. The van der Waals surface area contributed by atoms with Crippen molar-refractivity contribution in [3.05, 3.63) is 28.8 Å². The maximum absolute atomic E-state index is 5.68. The lowest BCUT2D eigenvalue weighted by Gasteiger charge is -2.16. The van der Waals surface area contributed by atoms with Crippen molar-refractivity contribution in [2.24, 2.45) is 0 Å². The lowest BCUT2D eigenvalue weighted by molar-refractivity contribution is 0.299. The zero-order chi connectivity index (χ0) is 15.1. The topological polar surface area (TPSA) is 39.7 Å². The molecule has 0 heterocycles. The molecule has 0 aliphatic rings. The largest absolute Gasteiger partial charge is 0.493 e. The molecule has 0 spiro atoms. The monoisotopic (exact) mass is 343 g/mol. The average Bonchev–Trinajstić information content (AvgIpc) is 2.42. The molecule has 1 aromatic rings. The van der Waals surface area contributed by atoms with Gasteiger partial charge in [0.2, 0.25) is 5.75 Å². The first-order valence-electron chi connectivity index (χ1n) is 6.42. The van der Waals surface area contributed by atoms with Crippen LogP contribution in [-0.2, 0) is 6.54 Å². The fourth-order valence-corrected chi connectivity index (χ4v) is 1.77. The first-order chi connectivity index (χ1) is 9.47. The van der Waals surface area contributed by atoms with Crippen LogP contribution in [0.4, 0.5) is 0 Å². The van der Waals surface area contributed by atoms with Gasteiger partial charge in [0, 0.05) is 17.1 Å². The highest BCUT2D eigenvalue weighted by molar-refractivity contribution is 9.11. The Morgan fingerprint density at radius 3 is 2.20 bits per heavy atom. The van der Waals surface area contributed by atoms with E-state index < -0.39 is 0 Å². The fraction of sp³-hybridized carbons (Fsp3) is 0.467. The van der Waals surface area contributed by atoms with Gasteiger partial charge >= 0.3 is 0 Å². The number of nitrogens with one attached hydrogen (secondary N) is 1. The molecular weight excluding hydrogens is 322 g/mol. The number of hydrogen-bond acceptors (Lipinski definition) is 4. The Labute approximate surface area is 129 Å². The van der Waals surface area contributed by atoms with Gasteiger partial charge in [0.25, 0.3) is 0 Å². The Morgan fingerprint density at radius 1 is 1.25 bits per heavy atom. The van der Waals surface area contributed by atoms with E-state index in [4.69, 9.17) is 14.2 Å². The van der Waals surface area contributed by atoms with Crippen LogP contribution in [0.15, 0.2) is 23.2 Å². The fourth-order valence-electron chi connectivity index (χ4n) is 1.65. The van der Waals surface area contributed by atoms with Crippen LogP contribution in [0.5, 0.6) is 17.2 Å². The second-order valence-electron chi connectivity index (χ2n) is 4.67. The summed E-state index contributed by atoms with van der Waals surface area (Å²) in [5.41, 5.74) is 1.08. The van der Waals surface area contributed by atoms with Crippen LogP contribution >= 0.6 is 15.9 Å². The Hall–Kier alpha value is -1.20. The zero-order valence-corrected chi connectivity index (χ0v) is 14.0. The molecule has 0 aliphatic carbocycles. The van der Waals surface area contributed by atoms with E-state index in [2.05, 4.69) is 41.7 Å². The van der Waals surface area contributed by atoms with Crippen molar-refractivity contribution in [1.82, 2.24) is 5.32 Å². The third kappa shape index (κ3) is 5.06. The third-order valence-electron chi connectivity index (χ3n) is 2.61. The summed E-state index contributed by atoms with van der Waals surface area (Å²) in [7, 11) is 3.23. The average molecular weight is 344 g/mol. The molecule has 0 aromatic heterocycles. The first-order valence-corrected chi connectivity index (χ1v) is 7.21. The number of methoxy groups -OCH3 is 2. The van der Waals surface area contributed by atoms with E-state index in [0.29, 0.717) is 29.9 Å². The molecule has 1 rings (SSSR count). The van der Waals surface area contributed by atoms with Crippen LogP contribution < -0.4 is 19.5 Å². The van der Waals surface area contributed by atoms with Gasteiger partial charge in [-0.3, -0.25) is 0 Å². The molecule has 1 N–H and O–H groups in total. The minimum Gasteiger partial charge on any atom is -0.493 e. The Bertz CT molecular complexity index is 435. The molecule has 0 bridgehead atoms. The van der Waals surface area contributed by atoms with Gasteiger partial charge in [0.1, 0.15) is 6.61 Å². The van der Waals surface area contributed by atoms with Crippen LogP contribution in [0.1, 0.15) is 19.4 Å². The van der Waals surface area contributed by atoms with Crippen molar-refractivity contribution >= 4 is 15.9 Å². The molecule has 112 valence electrons. The molecule has 0 saturated heterocycles. The smallest absolute Gasteiger partial charge is 0.203 e. The summed E-state index contributed by atoms with van der Waals surface area (Å²) in [5, 5.41) is 3.36. The number of rotatable bonds is 8. The second-order valence-corrected chi connectivity index (χ2v) is 5.79. The first kappa shape index (κ1) is 16.9. The lowest BCUT2D eigenvalue weighted by atomic mass is 10.1. The van der Waals surface area contributed by atoms with Gasteiger partial charge in [-0.05, 0) is 17.7 Å². The van der Waals surface area contributed by atoms with Crippen LogP contribution in [-0.4, -0.2) is 26.9 Å². The van der Waals surface area contributed by atoms with Crippen molar-refractivity contribution in [3.8, 4) is 17.2 Å². The van der Waals surface area contributed by atoms with E-state index in [9.17, 15) is 0 Å². The Kier molecular flexibility index (Phi) is 6.88. The quantitative estimate of drug-likeness (QED) is 0.784. The minimum absolute atomic E-state index is 0.357. The molecule has 0 radical (unpaired) electrons. The Balaban J connectivity index is 3.01. The highest BCUT2D eigenvalue weighted by atomic mass is 79.9. The molecule has 0 unspecified atom stereocenters. The molecule has 0 saturated carbocycles. The van der Waals surface area contributed by atoms with E-state index in [1.807, 2.05) is 12.1 Å². The number of hydrogen-bond donors (Lipinski definition) is 1. The Morgan fingerprint density at radius 2 is 1.80 bits per heavy atom. The second kappa shape index (κ2) is 8.17. The van der Waals surface area contributed by atoms with Gasteiger partial charge in [0.05, 0.1) is 14.2 Å². The predicted molar refractivity (Wildman–Crippen MR) is 85.1 cm³/mol. The number of benzene rings is 1.